The number of methoxy groups -OCH3 is 1. The van der Waals surface area contributed by atoms with Crippen molar-refractivity contribution < 1.29 is 9.13 Å². The highest BCUT2D eigenvalue weighted by atomic mass is 19.1. The Morgan fingerprint density at radius 3 is 2.52 bits per heavy atom. The third kappa shape index (κ3) is 6.02. The topological polar surface area (TPSA) is 24.5 Å². The lowest BCUT2D eigenvalue weighted by Gasteiger charge is -2.21. The lowest BCUT2D eigenvalue weighted by molar-refractivity contribution is 0.267. The number of unbranched alkanes of at least 4 members (excludes halogenated alkanes) is 1. The molecular weight excluding hydrogens is 267 g/mol. The molecule has 1 atom stereocenters. The number of hydrogen-bond acceptors (Lipinski definition) is 3. The molecule has 0 bridgehead atoms. The highest BCUT2D eigenvalue weighted by molar-refractivity contribution is 5.30. The van der Waals surface area contributed by atoms with Crippen LogP contribution in [0.4, 0.5) is 4.39 Å². The summed E-state index contributed by atoms with van der Waals surface area (Å²) < 4.78 is 19.0. The van der Waals surface area contributed by atoms with Gasteiger partial charge in [-0.25, -0.2) is 4.39 Å². The van der Waals surface area contributed by atoms with E-state index in [4.69, 9.17) is 4.74 Å². The van der Waals surface area contributed by atoms with E-state index in [0.29, 0.717) is 17.4 Å². The molecule has 0 aliphatic heterocycles. The molecule has 1 aromatic carbocycles. The fourth-order valence-corrected chi connectivity index (χ4v) is 2.16. The molecule has 1 aromatic rings. The monoisotopic (exact) mass is 296 g/mol. The lowest BCUT2D eigenvalue weighted by Crippen LogP contribution is -2.28. The SMILES string of the molecule is COc1ccc(C(C)NCCCCN(C)C(C)C)c(F)c1. The summed E-state index contributed by atoms with van der Waals surface area (Å²) in [4.78, 5) is 2.34. The van der Waals surface area contributed by atoms with Gasteiger partial charge in [0.2, 0.25) is 0 Å². The predicted octanol–water partition coefficient (Wildman–Crippen LogP) is 3.61. The van der Waals surface area contributed by atoms with Crippen LogP contribution < -0.4 is 10.1 Å². The summed E-state index contributed by atoms with van der Waals surface area (Å²) in [6, 6.07) is 5.63. The first-order valence-corrected chi connectivity index (χ1v) is 7.72. The molecular formula is C17H29FN2O. The van der Waals surface area contributed by atoms with Crippen molar-refractivity contribution in [2.45, 2.75) is 45.7 Å². The van der Waals surface area contributed by atoms with Crippen LogP contribution in [0.2, 0.25) is 0 Å². The largest absolute Gasteiger partial charge is 0.497 e. The summed E-state index contributed by atoms with van der Waals surface area (Å²) in [5.41, 5.74) is 0.690. The van der Waals surface area contributed by atoms with Gasteiger partial charge in [-0.15, -0.1) is 0 Å². The van der Waals surface area contributed by atoms with Crippen molar-refractivity contribution in [3.05, 3.63) is 29.6 Å². The van der Waals surface area contributed by atoms with Crippen LogP contribution in [0.15, 0.2) is 18.2 Å². The summed E-state index contributed by atoms with van der Waals surface area (Å²) in [5.74, 6) is 0.342. The zero-order valence-electron chi connectivity index (χ0n) is 13.9. The second-order valence-corrected chi connectivity index (χ2v) is 5.84. The van der Waals surface area contributed by atoms with Gasteiger partial charge in [-0.05, 0) is 59.8 Å². The molecule has 21 heavy (non-hydrogen) atoms. The van der Waals surface area contributed by atoms with Gasteiger partial charge < -0.3 is 15.0 Å². The third-order valence-electron chi connectivity index (χ3n) is 3.94. The van der Waals surface area contributed by atoms with Gasteiger partial charge in [0.25, 0.3) is 0 Å². The summed E-state index contributed by atoms with van der Waals surface area (Å²) in [6.45, 7) is 8.40. The van der Waals surface area contributed by atoms with E-state index in [1.807, 2.05) is 6.92 Å². The van der Waals surface area contributed by atoms with E-state index in [1.54, 1.807) is 19.2 Å². The molecule has 0 aromatic heterocycles. The lowest BCUT2D eigenvalue weighted by atomic mass is 10.1. The van der Waals surface area contributed by atoms with Crippen LogP contribution in [0.5, 0.6) is 5.75 Å². The fraction of sp³-hybridized carbons (Fsp3) is 0.647. The van der Waals surface area contributed by atoms with Gasteiger partial charge in [-0.3, -0.25) is 0 Å². The average Bonchev–Trinajstić information content (AvgIpc) is 2.45. The summed E-state index contributed by atoms with van der Waals surface area (Å²) >= 11 is 0. The summed E-state index contributed by atoms with van der Waals surface area (Å²) in [7, 11) is 3.69. The Balaban J connectivity index is 2.32. The van der Waals surface area contributed by atoms with Crippen LogP contribution in [0.1, 0.15) is 45.2 Å². The molecule has 1 unspecified atom stereocenters. The van der Waals surface area contributed by atoms with Crippen LogP contribution in [0.25, 0.3) is 0 Å². The maximum Gasteiger partial charge on any atom is 0.131 e. The van der Waals surface area contributed by atoms with E-state index in [9.17, 15) is 4.39 Å². The Bertz CT molecular complexity index is 423. The zero-order valence-corrected chi connectivity index (χ0v) is 13.9. The average molecular weight is 296 g/mol. The van der Waals surface area contributed by atoms with Gasteiger partial charge in [-0.2, -0.15) is 0 Å². The Morgan fingerprint density at radius 1 is 1.24 bits per heavy atom. The van der Waals surface area contributed by atoms with Crippen LogP contribution in [-0.2, 0) is 0 Å². The van der Waals surface area contributed by atoms with E-state index in [0.717, 1.165) is 25.9 Å². The van der Waals surface area contributed by atoms with Crippen LogP contribution in [0.3, 0.4) is 0 Å². The Kier molecular flexibility index (Phi) is 7.68. The molecule has 3 nitrogen and oxygen atoms in total. The maximum absolute atomic E-state index is 13.9. The molecule has 0 saturated heterocycles. The maximum atomic E-state index is 13.9. The van der Waals surface area contributed by atoms with Gasteiger partial charge in [0.05, 0.1) is 7.11 Å². The second-order valence-electron chi connectivity index (χ2n) is 5.84. The molecule has 1 N–H and O–H groups in total. The van der Waals surface area contributed by atoms with Crippen molar-refractivity contribution in [2.24, 2.45) is 0 Å². The molecule has 0 spiro atoms. The van der Waals surface area contributed by atoms with Crippen molar-refractivity contribution in [3.63, 3.8) is 0 Å². The van der Waals surface area contributed by atoms with Crippen molar-refractivity contribution in [3.8, 4) is 5.75 Å². The number of hydrogen-bond donors (Lipinski definition) is 1. The van der Waals surface area contributed by atoms with Crippen LogP contribution >= 0.6 is 0 Å². The number of nitrogens with one attached hydrogen (secondary N) is 1. The first-order valence-electron chi connectivity index (χ1n) is 7.72. The number of halogens is 1. The van der Waals surface area contributed by atoms with Crippen molar-refractivity contribution in [1.29, 1.82) is 0 Å². The fourth-order valence-electron chi connectivity index (χ4n) is 2.16. The van der Waals surface area contributed by atoms with E-state index in [2.05, 4.69) is 31.1 Å². The normalized spacial score (nSPS) is 13.0. The molecule has 1 rings (SSSR count). The second kappa shape index (κ2) is 9.00. The van der Waals surface area contributed by atoms with Gasteiger partial charge in [0.1, 0.15) is 11.6 Å². The number of benzene rings is 1. The first-order chi connectivity index (χ1) is 9.95. The number of ether oxygens (including phenoxy) is 1. The minimum absolute atomic E-state index is 0.0127. The molecule has 0 heterocycles. The highest BCUT2D eigenvalue weighted by Crippen LogP contribution is 2.21. The quantitative estimate of drug-likeness (QED) is 0.705. The van der Waals surface area contributed by atoms with Crippen molar-refractivity contribution in [2.75, 3.05) is 27.2 Å². The van der Waals surface area contributed by atoms with E-state index < -0.39 is 0 Å². The van der Waals surface area contributed by atoms with E-state index >= 15 is 0 Å². The van der Waals surface area contributed by atoms with Crippen LogP contribution in [0, 0.1) is 5.82 Å². The van der Waals surface area contributed by atoms with Gasteiger partial charge >= 0.3 is 0 Å². The summed E-state index contributed by atoms with van der Waals surface area (Å²) in [5, 5.41) is 3.38. The molecule has 0 aliphatic rings. The van der Waals surface area contributed by atoms with Crippen molar-refractivity contribution in [1.82, 2.24) is 10.2 Å². The summed E-state index contributed by atoms with van der Waals surface area (Å²) in [6.07, 6.45) is 2.25. The molecule has 0 aliphatic carbocycles. The molecule has 0 fully saturated rings. The van der Waals surface area contributed by atoms with Crippen LogP contribution in [-0.4, -0.2) is 38.2 Å². The highest BCUT2D eigenvalue weighted by Gasteiger charge is 2.11. The third-order valence-corrected chi connectivity index (χ3v) is 3.94. The Labute approximate surface area is 128 Å². The first kappa shape index (κ1) is 17.9. The minimum atomic E-state index is -0.214. The van der Waals surface area contributed by atoms with Gasteiger partial charge in [0, 0.05) is 23.7 Å². The number of nitrogens with zero attached hydrogens (tertiary/aromatic N) is 1. The molecule has 0 saturated carbocycles. The predicted molar refractivity (Wildman–Crippen MR) is 86.4 cm³/mol. The zero-order chi connectivity index (χ0) is 15.8. The van der Waals surface area contributed by atoms with Crippen molar-refractivity contribution >= 4 is 0 Å². The van der Waals surface area contributed by atoms with E-state index in [1.165, 1.54) is 6.07 Å². The smallest absolute Gasteiger partial charge is 0.131 e. The number of rotatable bonds is 9. The Hall–Kier alpha value is -1.13. The molecule has 120 valence electrons. The van der Waals surface area contributed by atoms with E-state index in [-0.39, 0.29) is 11.9 Å². The van der Waals surface area contributed by atoms with Gasteiger partial charge in [0.15, 0.2) is 0 Å². The standard InChI is InChI=1S/C17H29FN2O/c1-13(2)20(4)11-7-6-10-19-14(3)16-9-8-15(21-5)12-17(16)18/h8-9,12-14,19H,6-7,10-11H2,1-5H3. The minimum Gasteiger partial charge on any atom is -0.497 e. The van der Waals surface area contributed by atoms with Gasteiger partial charge in [-0.1, -0.05) is 6.07 Å². The Morgan fingerprint density at radius 2 is 1.95 bits per heavy atom. The molecule has 4 heteroatoms. The molecule has 0 amide bonds. The molecule has 0 radical (unpaired) electrons.